The molecule has 1 saturated carbocycles. The van der Waals surface area contributed by atoms with E-state index in [9.17, 15) is 0 Å². The van der Waals surface area contributed by atoms with Crippen molar-refractivity contribution in [1.29, 1.82) is 0 Å². The molecule has 0 amide bonds. The SMILES string of the molecule is C1CCCCC1.O.O.O=S(=O)(O)O.[CH2-]N.[CH2-]N.[Pt+2]. The fourth-order valence-electron chi connectivity index (χ4n) is 1.06. The Morgan fingerprint density at radius 2 is 0.778 bits per heavy atom. The van der Waals surface area contributed by atoms with E-state index in [2.05, 4.69) is 25.6 Å². The molecule has 0 radical (unpaired) electrons. The molecular formula is C8H26N2O6PtS. The van der Waals surface area contributed by atoms with Gasteiger partial charge in [-0.15, -0.1) is 0 Å². The van der Waals surface area contributed by atoms with E-state index in [0.29, 0.717) is 0 Å². The van der Waals surface area contributed by atoms with Crippen LogP contribution in [0.3, 0.4) is 0 Å². The average Bonchev–Trinajstić information content (AvgIpc) is 2.24. The number of rotatable bonds is 0. The Hall–Kier alpha value is 0.398. The summed E-state index contributed by atoms with van der Waals surface area (Å²) in [5, 5.41) is 0. The van der Waals surface area contributed by atoms with Gasteiger partial charge < -0.3 is 22.4 Å². The zero-order valence-corrected chi connectivity index (χ0v) is 13.3. The minimum absolute atomic E-state index is 0. The molecule has 10 heteroatoms. The first-order chi connectivity index (χ1) is 7.00. The summed E-state index contributed by atoms with van der Waals surface area (Å²) < 4.78 is 31.6. The van der Waals surface area contributed by atoms with Crippen molar-refractivity contribution in [1.82, 2.24) is 0 Å². The molecule has 0 bridgehead atoms. The van der Waals surface area contributed by atoms with E-state index in [1.807, 2.05) is 0 Å². The Labute approximate surface area is 124 Å². The second-order valence-electron chi connectivity index (χ2n) is 2.57. The zero-order valence-electron chi connectivity index (χ0n) is 10.2. The Bertz CT molecular complexity index is 169. The van der Waals surface area contributed by atoms with Gasteiger partial charge in [-0.25, -0.2) is 0 Å². The van der Waals surface area contributed by atoms with Crippen molar-refractivity contribution in [3.8, 4) is 0 Å². The first kappa shape index (κ1) is 36.2. The molecule has 0 spiro atoms. The van der Waals surface area contributed by atoms with E-state index in [4.69, 9.17) is 17.5 Å². The first-order valence-corrected chi connectivity index (χ1v) is 5.91. The molecule has 120 valence electrons. The third-order valence-electron chi connectivity index (χ3n) is 1.50. The fraction of sp³-hybridized carbons (Fsp3) is 0.750. The summed E-state index contributed by atoms with van der Waals surface area (Å²) in [6, 6.07) is 0. The maximum atomic E-state index is 8.74. The summed E-state index contributed by atoms with van der Waals surface area (Å²) in [7, 11) is 0.833. The molecule has 0 atom stereocenters. The van der Waals surface area contributed by atoms with Crippen molar-refractivity contribution in [2.24, 2.45) is 11.5 Å². The standard InChI is InChI=1S/C6H12.2CH4N.H2O4S.2H2O.Pt/c1-2-4-6-5-3-1;2*1-2;1-5(2,3)4;;;/h1-6H2;2*1-2H2;(H2,1,2,3,4);2*1H2;/q;2*-1;;;;+2. The predicted molar refractivity (Wildman–Crippen MR) is 68.2 cm³/mol. The minimum atomic E-state index is -4.67. The van der Waals surface area contributed by atoms with Crippen LogP contribution in [0.1, 0.15) is 38.5 Å². The molecule has 10 N–H and O–H groups in total. The quantitative estimate of drug-likeness (QED) is 0.271. The van der Waals surface area contributed by atoms with Crippen LogP contribution >= 0.6 is 0 Å². The molecule has 0 saturated heterocycles. The molecule has 1 rings (SSSR count). The maximum Gasteiger partial charge on any atom is 2.00 e. The zero-order chi connectivity index (χ0) is 12.7. The number of hydrogen-bond acceptors (Lipinski definition) is 4. The van der Waals surface area contributed by atoms with Crippen LogP contribution in [0.5, 0.6) is 0 Å². The predicted octanol–water partition coefficient (Wildman–Crippen LogP) is -0.491. The van der Waals surface area contributed by atoms with Gasteiger partial charge in [0.1, 0.15) is 0 Å². The molecule has 1 fully saturated rings. The van der Waals surface area contributed by atoms with Crippen LogP contribution in [-0.4, -0.2) is 28.5 Å². The third-order valence-corrected chi connectivity index (χ3v) is 1.50. The molecule has 18 heavy (non-hydrogen) atoms. The molecule has 8 nitrogen and oxygen atoms in total. The van der Waals surface area contributed by atoms with Gasteiger partial charge in [-0.05, 0) is 0 Å². The Morgan fingerprint density at radius 3 is 0.833 bits per heavy atom. The smallest absolute Gasteiger partial charge is 0.486 e. The monoisotopic (exact) mass is 473 g/mol. The second kappa shape index (κ2) is 30.4. The third kappa shape index (κ3) is 95.0. The molecule has 1 aliphatic carbocycles. The van der Waals surface area contributed by atoms with Crippen LogP contribution in [0.4, 0.5) is 0 Å². The van der Waals surface area contributed by atoms with Crippen molar-refractivity contribution in [2.75, 3.05) is 0 Å². The van der Waals surface area contributed by atoms with Crippen molar-refractivity contribution in [3.05, 3.63) is 14.1 Å². The summed E-state index contributed by atoms with van der Waals surface area (Å²) >= 11 is 0. The van der Waals surface area contributed by atoms with Crippen molar-refractivity contribution >= 4 is 10.4 Å². The molecule has 0 aromatic heterocycles. The van der Waals surface area contributed by atoms with E-state index < -0.39 is 10.4 Å². The van der Waals surface area contributed by atoms with Gasteiger partial charge in [-0.2, -0.15) is 8.42 Å². The van der Waals surface area contributed by atoms with E-state index in [1.165, 1.54) is 38.5 Å². The van der Waals surface area contributed by atoms with Crippen LogP contribution < -0.4 is 11.5 Å². The summed E-state index contributed by atoms with van der Waals surface area (Å²) in [4.78, 5) is 0. The van der Waals surface area contributed by atoms with Gasteiger partial charge in [0.25, 0.3) is 0 Å². The van der Waals surface area contributed by atoms with E-state index in [0.717, 1.165) is 0 Å². The van der Waals surface area contributed by atoms with Gasteiger partial charge >= 0.3 is 31.5 Å². The van der Waals surface area contributed by atoms with Crippen LogP contribution in [0.25, 0.3) is 0 Å². The van der Waals surface area contributed by atoms with Crippen LogP contribution in [0, 0.1) is 14.1 Å². The van der Waals surface area contributed by atoms with Crippen LogP contribution in [0.15, 0.2) is 0 Å². The van der Waals surface area contributed by atoms with Crippen LogP contribution in [-0.2, 0) is 31.5 Å². The van der Waals surface area contributed by atoms with Gasteiger partial charge in [0.2, 0.25) is 0 Å². The summed E-state index contributed by atoms with van der Waals surface area (Å²) in [6.07, 6.45) is 9.00. The fourth-order valence-corrected chi connectivity index (χ4v) is 1.06. The first-order valence-electron chi connectivity index (χ1n) is 4.51. The number of hydrogen-bond donors (Lipinski definition) is 4. The maximum absolute atomic E-state index is 8.74. The topological polar surface area (TPSA) is 190 Å². The molecule has 0 aromatic carbocycles. The van der Waals surface area contributed by atoms with E-state index >= 15 is 0 Å². The van der Waals surface area contributed by atoms with Crippen molar-refractivity contribution < 1.29 is 49.5 Å². The Morgan fingerprint density at radius 1 is 0.722 bits per heavy atom. The van der Waals surface area contributed by atoms with Gasteiger partial charge in [-0.1, -0.05) is 38.5 Å². The summed E-state index contributed by atoms with van der Waals surface area (Å²) in [5.41, 5.74) is 8.50. The molecule has 0 aromatic rings. The summed E-state index contributed by atoms with van der Waals surface area (Å²) in [6.45, 7) is 0. The Kier molecular flexibility index (Phi) is 61.3. The van der Waals surface area contributed by atoms with Gasteiger partial charge in [-0.3, -0.25) is 23.2 Å². The largest absolute Gasteiger partial charge is 2.00 e. The normalized spacial score (nSPS) is 11.9. The summed E-state index contributed by atoms with van der Waals surface area (Å²) in [5.74, 6) is 0. The second-order valence-corrected chi connectivity index (χ2v) is 3.46. The molecule has 0 unspecified atom stereocenters. The Balaban J connectivity index is -0.0000000280. The minimum Gasteiger partial charge on any atom is -0.486 e. The van der Waals surface area contributed by atoms with E-state index in [-0.39, 0.29) is 32.0 Å². The molecule has 0 aliphatic heterocycles. The molecule has 1 aliphatic rings. The van der Waals surface area contributed by atoms with Crippen molar-refractivity contribution in [3.63, 3.8) is 0 Å². The van der Waals surface area contributed by atoms with Gasteiger partial charge in [0.05, 0.1) is 0 Å². The molecule has 0 heterocycles. The molecular weight excluding hydrogens is 447 g/mol. The number of nitrogens with two attached hydrogens (primary N) is 2. The average molecular weight is 473 g/mol. The van der Waals surface area contributed by atoms with E-state index in [1.54, 1.807) is 0 Å². The van der Waals surface area contributed by atoms with Gasteiger partial charge in [0, 0.05) is 0 Å². The van der Waals surface area contributed by atoms with Crippen LogP contribution in [0.2, 0.25) is 0 Å². The van der Waals surface area contributed by atoms with Gasteiger partial charge in [0.15, 0.2) is 0 Å². The van der Waals surface area contributed by atoms with Crippen molar-refractivity contribution in [2.45, 2.75) is 38.5 Å².